The Balaban J connectivity index is 2.07. The summed E-state index contributed by atoms with van der Waals surface area (Å²) in [6.07, 6.45) is 3.19. The van der Waals surface area contributed by atoms with Crippen LogP contribution < -0.4 is 5.73 Å². The molecule has 0 unspecified atom stereocenters. The number of anilines is 1. The largest absolute Gasteiger partial charge is 0.393 e. The van der Waals surface area contributed by atoms with Crippen molar-refractivity contribution < 1.29 is 5.11 Å². The van der Waals surface area contributed by atoms with E-state index < -0.39 is 0 Å². The van der Waals surface area contributed by atoms with Gasteiger partial charge in [-0.1, -0.05) is 0 Å². The van der Waals surface area contributed by atoms with Crippen molar-refractivity contribution in [3.63, 3.8) is 0 Å². The number of aromatic nitrogens is 2. The van der Waals surface area contributed by atoms with Crippen LogP contribution in [0.5, 0.6) is 0 Å². The van der Waals surface area contributed by atoms with E-state index in [1.54, 1.807) is 6.07 Å². The average molecular weight is 256 g/mol. The zero-order valence-corrected chi connectivity index (χ0v) is 10.6. The minimum atomic E-state index is -0.193. The Hall–Kier alpha value is -2.06. The number of nitrogens with zero attached hydrogens (tertiary/aromatic N) is 3. The molecule has 98 valence electrons. The number of nitrogen functional groups attached to an aromatic ring is 1. The molecule has 1 aliphatic rings. The topological polar surface area (TPSA) is 87.9 Å². The van der Waals surface area contributed by atoms with Crippen LogP contribution in [-0.4, -0.2) is 20.8 Å². The Morgan fingerprint density at radius 2 is 2.05 bits per heavy atom. The highest BCUT2D eigenvalue weighted by Crippen LogP contribution is 2.33. The zero-order valence-electron chi connectivity index (χ0n) is 10.6. The molecule has 0 saturated heterocycles. The summed E-state index contributed by atoms with van der Waals surface area (Å²) in [5.41, 5.74) is 8.37. The highest BCUT2D eigenvalue weighted by atomic mass is 16.3. The second-order valence-electron chi connectivity index (χ2n) is 5.12. The summed E-state index contributed by atoms with van der Waals surface area (Å²) in [6.45, 7) is 0. The fourth-order valence-electron chi connectivity index (χ4n) is 2.88. The van der Waals surface area contributed by atoms with Gasteiger partial charge in [0.15, 0.2) is 0 Å². The fourth-order valence-corrected chi connectivity index (χ4v) is 2.88. The molecule has 5 nitrogen and oxygen atoms in total. The lowest BCUT2D eigenvalue weighted by molar-refractivity contribution is 0.112. The van der Waals surface area contributed by atoms with Crippen LogP contribution in [0, 0.1) is 11.3 Å². The number of nitriles is 1. The lowest BCUT2D eigenvalue weighted by Gasteiger charge is -2.27. The van der Waals surface area contributed by atoms with Gasteiger partial charge < -0.3 is 15.4 Å². The minimum absolute atomic E-state index is 0.193. The lowest BCUT2D eigenvalue weighted by Crippen LogP contribution is -2.22. The van der Waals surface area contributed by atoms with E-state index in [-0.39, 0.29) is 12.1 Å². The maximum absolute atomic E-state index is 9.59. The van der Waals surface area contributed by atoms with Gasteiger partial charge in [-0.3, -0.25) is 0 Å². The molecule has 1 aromatic carbocycles. The molecular weight excluding hydrogens is 240 g/mol. The SMILES string of the molecule is N#Cc1ccc2nc(N)n(C3CCC(O)CC3)c2c1. The molecule has 1 saturated carbocycles. The van der Waals surface area contributed by atoms with Gasteiger partial charge in [0.25, 0.3) is 0 Å². The van der Waals surface area contributed by atoms with Gasteiger partial charge in [0.1, 0.15) is 0 Å². The van der Waals surface area contributed by atoms with E-state index in [2.05, 4.69) is 11.1 Å². The molecule has 1 heterocycles. The predicted molar refractivity (Wildman–Crippen MR) is 72.4 cm³/mol. The van der Waals surface area contributed by atoms with Gasteiger partial charge in [-0.05, 0) is 43.9 Å². The molecule has 0 bridgehead atoms. The number of aliphatic hydroxyl groups excluding tert-OH is 1. The first-order chi connectivity index (χ1) is 9.19. The van der Waals surface area contributed by atoms with E-state index >= 15 is 0 Å². The first kappa shape index (κ1) is 12.0. The van der Waals surface area contributed by atoms with Crippen LogP contribution in [0.3, 0.4) is 0 Å². The highest BCUT2D eigenvalue weighted by Gasteiger charge is 2.24. The maximum Gasteiger partial charge on any atom is 0.201 e. The smallest absolute Gasteiger partial charge is 0.201 e. The third-order valence-electron chi connectivity index (χ3n) is 3.88. The van der Waals surface area contributed by atoms with Crippen molar-refractivity contribution in [2.24, 2.45) is 0 Å². The summed E-state index contributed by atoms with van der Waals surface area (Å²) in [7, 11) is 0. The molecule has 1 fully saturated rings. The summed E-state index contributed by atoms with van der Waals surface area (Å²) in [4.78, 5) is 4.35. The molecule has 1 aromatic heterocycles. The van der Waals surface area contributed by atoms with Crippen LogP contribution in [0.4, 0.5) is 5.95 Å². The van der Waals surface area contributed by atoms with Crippen molar-refractivity contribution in [2.75, 3.05) is 5.73 Å². The number of benzene rings is 1. The molecule has 0 spiro atoms. The maximum atomic E-state index is 9.59. The van der Waals surface area contributed by atoms with Gasteiger partial charge in [-0.2, -0.15) is 5.26 Å². The molecule has 0 atom stereocenters. The third kappa shape index (κ3) is 2.04. The van der Waals surface area contributed by atoms with Crippen molar-refractivity contribution in [2.45, 2.75) is 37.8 Å². The summed E-state index contributed by atoms with van der Waals surface area (Å²) >= 11 is 0. The molecule has 0 radical (unpaired) electrons. The third-order valence-corrected chi connectivity index (χ3v) is 3.88. The van der Waals surface area contributed by atoms with Gasteiger partial charge in [0.05, 0.1) is 28.8 Å². The van der Waals surface area contributed by atoms with E-state index in [9.17, 15) is 5.11 Å². The standard InChI is InChI=1S/C14H16N4O/c15-8-9-1-6-12-13(7-9)18(14(16)17-12)10-2-4-11(19)5-3-10/h1,6-7,10-11,19H,2-5H2,(H2,16,17). The summed E-state index contributed by atoms with van der Waals surface area (Å²) in [6, 6.07) is 7.83. The number of hydrogen-bond donors (Lipinski definition) is 2. The number of hydrogen-bond acceptors (Lipinski definition) is 4. The van der Waals surface area contributed by atoms with Crippen LogP contribution in [0.15, 0.2) is 18.2 Å². The molecule has 2 aromatic rings. The molecule has 0 aliphatic heterocycles. The Bertz CT molecular complexity index is 647. The van der Waals surface area contributed by atoms with E-state index in [1.165, 1.54) is 0 Å². The summed E-state index contributed by atoms with van der Waals surface area (Å²) in [5, 5.41) is 18.6. The van der Waals surface area contributed by atoms with Crippen molar-refractivity contribution in [1.29, 1.82) is 5.26 Å². The van der Waals surface area contributed by atoms with E-state index in [0.29, 0.717) is 11.5 Å². The molecular formula is C14H16N4O. The average Bonchev–Trinajstić information content (AvgIpc) is 2.75. The Morgan fingerprint density at radius 1 is 1.32 bits per heavy atom. The van der Waals surface area contributed by atoms with Gasteiger partial charge in [0.2, 0.25) is 5.95 Å². The number of fused-ring (bicyclic) bond motifs is 1. The Morgan fingerprint density at radius 3 is 2.74 bits per heavy atom. The predicted octanol–water partition coefficient (Wildman–Crippen LogP) is 1.97. The Labute approximate surface area is 111 Å². The van der Waals surface area contributed by atoms with E-state index in [1.807, 2.05) is 16.7 Å². The monoisotopic (exact) mass is 256 g/mol. The first-order valence-corrected chi connectivity index (χ1v) is 6.54. The van der Waals surface area contributed by atoms with Crippen LogP contribution in [0.1, 0.15) is 37.3 Å². The van der Waals surface area contributed by atoms with Crippen molar-refractivity contribution in [1.82, 2.24) is 9.55 Å². The molecule has 0 amide bonds. The van der Waals surface area contributed by atoms with E-state index in [4.69, 9.17) is 11.0 Å². The van der Waals surface area contributed by atoms with Crippen LogP contribution in [-0.2, 0) is 0 Å². The molecule has 3 N–H and O–H groups in total. The number of nitrogens with two attached hydrogens (primary N) is 1. The minimum Gasteiger partial charge on any atom is -0.393 e. The Kier molecular flexibility index (Phi) is 2.88. The highest BCUT2D eigenvalue weighted by molar-refractivity contribution is 5.80. The van der Waals surface area contributed by atoms with Gasteiger partial charge in [-0.15, -0.1) is 0 Å². The van der Waals surface area contributed by atoms with Gasteiger partial charge in [0, 0.05) is 6.04 Å². The van der Waals surface area contributed by atoms with Crippen LogP contribution >= 0.6 is 0 Å². The molecule has 1 aliphatic carbocycles. The van der Waals surface area contributed by atoms with Gasteiger partial charge in [-0.25, -0.2) is 4.98 Å². The lowest BCUT2D eigenvalue weighted by atomic mass is 9.93. The van der Waals surface area contributed by atoms with E-state index in [0.717, 1.165) is 36.7 Å². The summed E-state index contributed by atoms with van der Waals surface area (Å²) in [5.74, 6) is 0.492. The second-order valence-corrected chi connectivity index (χ2v) is 5.12. The van der Waals surface area contributed by atoms with Crippen molar-refractivity contribution in [3.05, 3.63) is 23.8 Å². The van der Waals surface area contributed by atoms with Crippen molar-refractivity contribution >= 4 is 17.0 Å². The number of aliphatic hydroxyl groups is 1. The molecule has 3 rings (SSSR count). The molecule has 5 heteroatoms. The summed E-state index contributed by atoms with van der Waals surface area (Å²) < 4.78 is 2.02. The second kappa shape index (κ2) is 4.56. The van der Waals surface area contributed by atoms with Crippen molar-refractivity contribution in [3.8, 4) is 6.07 Å². The normalized spacial score (nSPS) is 23.4. The zero-order chi connectivity index (χ0) is 13.4. The van der Waals surface area contributed by atoms with Crippen LogP contribution in [0.25, 0.3) is 11.0 Å². The van der Waals surface area contributed by atoms with Gasteiger partial charge >= 0.3 is 0 Å². The fraction of sp³-hybridized carbons (Fsp3) is 0.429. The first-order valence-electron chi connectivity index (χ1n) is 6.54. The number of rotatable bonds is 1. The quantitative estimate of drug-likeness (QED) is 0.816. The number of imidazole rings is 1. The van der Waals surface area contributed by atoms with Crippen LogP contribution in [0.2, 0.25) is 0 Å². The molecule has 19 heavy (non-hydrogen) atoms.